The second-order valence-corrected chi connectivity index (χ2v) is 5.26. The van der Waals surface area contributed by atoms with Gasteiger partial charge in [0, 0.05) is 56.1 Å². The Morgan fingerprint density at radius 2 is 2.25 bits per heavy atom. The van der Waals surface area contributed by atoms with Crippen LogP contribution in [0.15, 0.2) is 12.4 Å². The van der Waals surface area contributed by atoms with Crippen LogP contribution in [-0.4, -0.2) is 31.2 Å². The molecule has 2 aromatic rings. The van der Waals surface area contributed by atoms with Crippen LogP contribution in [0.2, 0.25) is 0 Å². The van der Waals surface area contributed by atoms with Crippen LogP contribution < -0.4 is 5.73 Å². The number of nitrogen functional groups attached to an aromatic ring is 1. The third-order valence-electron chi connectivity index (χ3n) is 3.80. The lowest BCUT2D eigenvalue weighted by Gasteiger charge is -2.27. The lowest BCUT2D eigenvalue weighted by atomic mass is 10.1. The molecule has 3 heterocycles. The van der Waals surface area contributed by atoms with E-state index < -0.39 is 0 Å². The highest BCUT2D eigenvalue weighted by Gasteiger charge is 2.19. The summed E-state index contributed by atoms with van der Waals surface area (Å²) in [4.78, 5) is 10.8. The zero-order chi connectivity index (χ0) is 14.1. The van der Waals surface area contributed by atoms with Gasteiger partial charge in [-0.1, -0.05) is 0 Å². The van der Waals surface area contributed by atoms with Crippen LogP contribution in [0, 0.1) is 6.92 Å². The van der Waals surface area contributed by atoms with Crippen molar-refractivity contribution in [1.82, 2.24) is 24.6 Å². The smallest absolute Gasteiger partial charge is 0.220 e. The van der Waals surface area contributed by atoms with Crippen molar-refractivity contribution in [2.75, 3.05) is 12.3 Å². The SMILES string of the molecule is CCn1cc(CN2CCc3nc(N)ncc3C2)c(C)n1. The summed E-state index contributed by atoms with van der Waals surface area (Å²) in [7, 11) is 0. The zero-order valence-electron chi connectivity index (χ0n) is 12.0. The number of hydrogen-bond acceptors (Lipinski definition) is 5. The van der Waals surface area contributed by atoms with E-state index in [1.165, 1.54) is 11.1 Å². The van der Waals surface area contributed by atoms with Crippen molar-refractivity contribution >= 4 is 5.95 Å². The maximum absolute atomic E-state index is 5.63. The largest absolute Gasteiger partial charge is 0.368 e. The molecule has 1 aliphatic rings. The first-order valence-corrected chi connectivity index (χ1v) is 7.01. The molecule has 1 aliphatic heterocycles. The Labute approximate surface area is 118 Å². The number of anilines is 1. The van der Waals surface area contributed by atoms with Crippen molar-refractivity contribution in [2.45, 2.75) is 39.9 Å². The second kappa shape index (κ2) is 5.20. The zero-order valence-corrected chi connectivity index (χ0v) is 12.0. The Morgan fingerprint density at radius 1 is 1.40 bits per heavy atom. The fraction of sp³-hybridized carbons (Fsp3) is 0.500. The Balaban J connectivity index is 1.74. The topological polar surface area (TPSA) is 72.9 Å². The van der Waals surface area contributed by atoms with Gasteiger partial charge in [-0.3, -0.25) is 9.58 Å². The highest BCUT2D eigenvalue weighted by atomic mass is 15.3. The monoisotopic (exact) mass is 272 g/mol. The standard InChI is InChI=1S/C14H20N6/c1-3-20-9-12(10(2)18-20)8-19-5-4-13-11(7-19)6-16-14(15)17-13/h6,9H,3-5,7-8H2,1-2H3,(H2,15,16,17). The van der Waals surface area contributed by atoms with Crippen molar-refractivity contribution in [2.24, 2.45) is 0 Å². The van der Waals surface area contributed by atoms with Gasteiger partial charge < -0.3 is 5.73 Å². The first kappa shape index (κ1) is 13.1. The van der Waals surface area contributed by atoms with E-state index in [9.17, 15) is 0 Å². The maximum atomic E-state index is 5.63. The lowest BCUT2D eigenvalue weighted by molar-refractivity contribution is 0.242. The average molecular weight is 272 g/mol. The van der Waals surface area contributed by atoms with Crippen LogP contribution in [-0.2, 0) is 26.1 Å². The summed E-state index contributed by atoms with van der Waals surface area (Å²) in [6.07, 6.45) is 4.93. The predicted octanol–water partition coefficient (Wildman–Crippen LogP) is 1.14. The minimum absolute atomic E-state index is 0.372. The summed E-state index contributed by atoms with van der Waals surface area (Å²) in [6, 6.07) is 0. The molecular weight excluding hydrogens is 252 g/mol. The molecule has 106 valence electrons. The van der Waals surface area contributed by atoms with Crippen molar-refractivity contribution in [1.29, 1.82) is 0 Å². The molecule has 0 atom stereocenters. The van der Waals surface area contributed by atoms with Gasteiger partial charge in [0.2, 0.25) is 5.95 Å². The molecule has 6 heteroatoms. The summed E-state index contributed by atoms with van der Waals surface area (Å²) in [5.74, 6) is 0.372. The van der Waals surface area contributed by atoms with Gasteiger partial charge in [0.05, 0.1) is 11.4 Å². The number of fused-ring (bicyclic) bond motifs is 1. The van der Waals surface area contributed by atoms with E-state index in [-0.39, 0.29) is 0 Å². The molecule has 0 spiro atoms. The third-order valence-corrected chi connectivity index (χ3v) is 3.80. The van der Waals surface area contributed by atoms with Crippen LogP contribution in [0.4, 0.5) is 5.95 Å². The quantitative estimate of drug-likeness (QED) is 0.907. The highest BCUT2D eigenvalue weighted by molar-refractivity contribution is 5.27. The molecule has 0 bridgehead atoms. The highest BCUT2D eigenvalue weighted by Crippen LogP contribution is 2.19. The molecule has 0 saturated carbocycles. The number of aryl methyl sites for hydroxylation is 2. The van der Waals surface area contributed by atoms with Gasteiger partial charge in [0.1, 0.15) is 0 Å². The fourth-order valence-electron chi connectivity index (χ4n) is 2.64. The van der Waals surface area contributed by atoms with Gasteiger partial charge >= 0.3 is 0 Å². The van der Waals surface area contributed by atoms with E-state index in [0.717, 1.165) is 44.0 Å². The number of nitrogens with two attached hydrogens (primary N) is 1. The molecule has 20 heavy (non-hydrogen) atoms. The lowest BCUT2D eigenvalue weighted by Crippen LogP contribution is -2.31. The van der Waals surface area contributed by atoms with Crippen LogP contribution in [0.5, 0.6) is 0 Å². The minimum Gasteiger partial charge on any atom is -0.368 e. The van der Waals surface area contributed by atoms with E-state index in [1.54, 1.807) is 0 Å². The molecule has 3 rings (SSSR count). The summed E-state index contributed by atoms with van der Waals surface area (Å²) < 4.78 is 1.99. The van der Waals surface area contributed by atoms with Gasteiger partial charge in [-0.15, -0.1) is 0 Å². The van der Waals surface area contributed by atoms with Crippen LogP contribution in [0.25, 0.3) is 0 Å². The molecule has 0 radical (unpaired) electrons. The molecule has 0 fully saturated rings. The maximum Gasteiger partial charge on any atom is 0.220 e. The number of hydrogen-bond donors (Lipinski definition) is 1. The van der Waals surface area contributed by atoms with Gasteiger partial charge in [0.15, 0.2) is 0 Å². The van der Waals surface area contributed by atoms with E-state index >= 15 is 0 Å². The van der Waals surface area contributed by atoms with Gasteiger partial charge in [-0.05, 0) is 13.8 Å². The van der Waals surface area contributed by atoms with Gasteiger partial charge in [0.25, 0.3) is 0 Å². The molecule has 0 saturated heterocycles. The van der Waals surface area contributed by atoms with Crippen LogP contribution in [0.1, 0.15) is 29.4 Å². The summed E-state index contributed by atoms with van der Waals surface area (Å²) in [5, 5.41) is 4.50. The Morgan fingerprint density at radius 3 is 3.00 bits per heavy atom. The normalized spacial score (nSPS) is 15.3. The summed E-state index contributed by atoms with van der Waals surface area (Å²) in [6.45, 7) is 7.90. The first-order chi connectivity index (χ1) is 9.65. The number of aromatic nitrogens is 4. The molecule has 0 amide bonds. The molecule has 0 aliphatic carbocycles. The van der Waals surface area contributed by atoms with Crippen LogP contribution >= 0.6 is 0 Å². The van der Waals surface area contributed by atoms with Gasteiger partial charge in [-0.25, -0.2) is 9.97 Å². The number of rotatable bonds is 3. The number of nitrogens with zero attached hydrogens (tertiary/aromatic N) is 5. The van der Waals surface area contributed by atoms with E-state index in [2.05, 4.69) is 40.0 Å². The molecule has 0 aromatic carbocycles. The second-order valence-electron chi connectivity index (χ2n) is 5.26. The molecule has 2 aromatic heterocycles. The Hall–Kier alpha value is -1.95. The molecule has 2 N–H and O–H groups in total. The first-order valence-electron chi connectivity index (χ1n) is 7.01. The molecule has 6 nitrogen and oxygen atoms in total. The van der Waals surface area contributed by atoms with Crippen molar-refractivity contribution in [3.8, 4) is 0 Å². The summed E-state index contributed by atoms with van der Waals surface area (Å²) >= 11 is 0. The van der Waals surface area contributed by atoms with Gasteiger partial charge in [-0.2, -0.15) is 5.10 Å². The van der Waals surface area contributed by atoms with Crippen LogP contribution in [0.3, 0.4) is 0 Å². The van der Waals surface area contributed by atoms with Crippen molar-refractivity contribution in [3.05, 3.63) is 34.9 Å². The van der Waals surface area contributed by atoms with Crippen molar-refractivity contribution < 1.29 is 0 Å². The van der Waals surface area contributed by atoms with Crippen molar-refractivity contribution in [3.63, 3.8) is 0 Å². The fourth-order valence-corrected chi connectivity index (χ4v) is 2.64. The Bertz CT molecular complexity index is 618. The van der Waals surface area contributed by atoms with E-state index in [4.69, 9.17) is 5.73 Å². The molecule has 0 unspecified atom stereocenters. The summed E-state index contributed by atoms with van der Waals surface area (Å²) in [5.41, 5.74) is 10.3. The average Bonchev–Trinajstić information content (AvgIpc) is 2.80. The van der Waals surface area contributed by atoms with E-state index in [0.29, 0.717) is 5.95 Å². The Kier molecular flexibility index (Phi) is 3.40. The predicted molar refractivity (Wildman–Crippen MR) is 76.9 cm³/mol. The minimum atomic E-state index is 0.372. The van der Waals surface area contributed by atoms with E-state index in [1.807, 2.05) is 10.9 Å². The third kappa shape index (κ3) is 2.51. The molecular formula is C14H20N6.